The number of aliphatic carboxylic acids is 1. The summed E-state index contributed by atoms with van der Waals surface area (Å²) in [6.07, 6.45) is 4.62. The summed E-state index contributed by atoms with van der Waals surface area (Å²) < 4.78 is 6.10. The minimum Gasteiger partial charge on any atom is -0.482 e. The maximum atomic E-state index is 12.0. The summed E-state index contributed by atoms with van der Waals surface area (Å²) in [6, 6.07) is 14.4. The van der Waals surface area contributed by atoms with Gasteiger partial charge in [-0.25, -0.2) is 4.79 Å². The molecule has 0 saturated carbocycles. The van der Waals surface area contributed by atoms with Crippen molar-refractivity contribution < 1.29 is 19.4 Å². The molecule has 0 saturated heterocycles. The number of rotatable bonds is 9. The monoisotopic (exact) mass is 454 g/mol. The van der Waals surface area contributed by atoms with E-state index in [1.54, 1.807) is 43.6 Å². The van der Waals surface area contributed by atoms with Crippen LogP contribution in [0.2, 0.25) is 0 Å². The number of halogens is 1. The van der Waals surface area contributed by atoms with E-state index in [0.717, 1.165) is 16.3 Å². The highest BCUT2D eigenvalue weighted by Crippen LogP contribution is 2.33. The van der Waals surface area contributed by atoms with E-state index >= 15 is 0 Å². The number of hydrogen-bond acceptors (Lipinski definition) is 5. The minimum absolute atomic E-state index is 0.306. The standard InChI is InChI=1S/C22H19BrN2O4/c1-25-12-17(7-6-15-4-2-3-5-16(15)11-24)20(13-26)19-10-18(23)8-9-21(19)29-14-22(27)28/h2-5,7-10,12-13,20H,6,14H2,1H3,(H,27,28)/b17-7+,25-12-. The summed E-state index contributed by atoms with van der Waals surface area (Å²) in [5.41, 5.74) is 2.54. The Hall–Kier alpha value is -3.24. The largest absolute Gasteiger partial charge is 0.482 e. The molecule has 0 bridgehead atoms. The quantitative estimate of drug-likeness (QED) is 0.456. The van der Waals surface area contributed by atoms with Crippen LogP contribution in [0.4, 0.5) is 0 Å². The number of benzene rings is 2. The molecule has 0 spiro atoms. The zero-order valence-corrected chi connectivity index (χ0v) is 17.3. The normalized spacial score (nSPS) is 12.4. The first kappa shape index (κ1) is 22.1. The number of carboxylic acid groups (broad SMARTS) is 1. The Kier molecular flexibility index (Phi) is 8.31. The molecule has 148 valence electrons. The number of nitrogens with zero attached hydrogens (tertiary/aromatic N) is 2. The van der Waals surface area contributed by atoms with Gasteiger partial charge in [-0.3, -0.25) is 4.99 Å². The number of hydrogen-bond donors (Lipinski definition) is 1. The third-order valence-electron chi connectivity index (χ3n) is 4.13. The summed E-state index contributed by atoms with van der Waals surface area (Å²) in [4.78, 5) is 26.9. The van der Waals surface area contributed by atoms with Gasteiger partial charge in [-0.05, 0) is 41.8 Å². The van der Waals surface area contributed by atoms with Gasteiger partial charge >= 0.3 is 5.97 Å². The number of ether oxygens (including phenoxy) is 1. The van der Waals surface area contributed by atoms with Gasteiger partial charge in [-0.15, -0.1) is 0 Å². The van der Waals surface area contributed by atoms with Gasteiger partial charge in [0.25, 0.3) is 0 Å². The van der Waals surface area contributed by atoms with Gasteiger partial charge < -0.3 is 14.6 Å². The number of aliphatic imine (C=N–C) groups is 1. The lowest BCUT2D eigenvalue weighted by atomic mass is 9.90. The summed E-state index contributed by atoms with van der Waals surface area (Å²) in [7, 11) is 1.60. The van der Waals surface area contributed by atoms with Crippen LogP contribution < -0.4 is 4.74 Å². The molecule has 0 aliphatic rings. The summed E-state index contributed by atoms with van der Waals surface area (Å²) in [6.45, 7) is -0.517. The average molecular weight is 455 g/mol. The Morgan fingerprint density at radius 2 is 2.10 bits per heavy atom. The van der Waals surface area contributed by atoms with Crippen molar-refractivity contribution in [3.05, 3.63) is 75.3 Å². The molecule has 29 heavy (non-hydrogen) atoms. The molecule has 6 nitrogen and oxygen atoms in total. The Morgan fingerprint density at radius 1 is 1.34 bits per heavy atom. The molecule has 2 aromatic rings. The zero-order valence-electron chi connectivity index (χ0n) is 15.7. The smallest absolute Gasteiger partial charge is 0.341 e. The number of carboxylic acids is 1. The first-order valence-electron chi connectivity index (χ1n) is 8.69. The van der Waals surface area contributed by atoms with Crippen LogP contribution in [0.15, 0.2) is 63.6 Å². The van der Waals surface area contributed by atoms with Crippen LogP contribution in [-0.2, 0) is 16.0 Å². The van der Waals surface area contributed by atoms with Gasteiger partial charge in [0.1, 0.15) is 12.0 Å². The lowest BCUT2D eigenvalue weighted by molar-refractivity contribution is -0.139. The maximum absolute atomic E-state index is 12.0. The molecule has 0 heterocycles. The first-order valence-corrected chi connectivity index (χ1v) is 9.49. The van der Waals surface area contributed by atoms with Crippen molar-refractivity contribution in [3.63, 3.8) is 0 Å². The number of nitriles is 1. The lowest BCUT2D eigenvalue weighted by Gasteiger charge is -2.17. The first-order chi connectivity index (χ1) is 14.0. The molecule has 2 rings (SSSR count). The van der Waals surface area contributed by atoms with Crippen molar-refractivity contribution in [1.29, 1.82) is 5.26 Å². The van der Waals surface area contributed by atoms with Crippen LogP contribution >= 0.6 is 15.9 Å². The van der Waals surface area contributed by atoms with Crippen molar-refractivity contribution in [2.45, 2.75) is 12.3 Å². The van der Waals surface area contributed by atoms with Crippen LogP contribution in [-0.4, -0.2) is 37.2 Å². The van der Waals surface area contributed by atoms with Gasteiger partial charge in [0.15, 0.2) is 6.61 Å². The predicted octanol–water partition coefficient (Wildman–Crippen LogP) is 3.94. The predicted molar refractivity (Wildman–Crippen MR) is 113 cm³/mol. The topological polar surface area (TPSA) is 99.8 Å². The van der Waals surface area contributed by atoms with Crippen LogP contribution in [0.1, 0.15) is 22.6 Å². The average Bonchev–Trinajstić information content (AvgIpc) is 2.72. The van der Waals surface area contributed by atoms with Gasteiger partial charge in [-0.1, -0.05) is 40.2 Å². The van der Waals surface area contributed by atoms with E-state index in [4.69, 9.17) is 9.84 Å². The highest BCUT2D eigenvalue weighted by atomic mass is 79.9. The van der Waals surface area contributed by atoms with Gasteiger partial charge in [0, 0.05) is 23.3 Å². The van der Waals surface area contributed by atoms with Crippen LogP contribution in [0.5, 0.6) is 5.75 Å². The Morgan fingerprint density at radius 3 is 2.76 bits per heavy atom. The van der Waals surface area contributed by atoms with E-state index in [1.165, 1.54) is 0 Å². The fourth-order valence-corrected chi connectivity index (χ4v) is 3.19. The van der Waals surface area contributed by atoms with Crippen LogP contribution in [0.25, 0.3) is 0 Å². The Bertz CT molecular complexity index is 993. The minimum atomic E-state index is -1.11. The van der Waals surface area contributed by atoms with Crippen molar-refractivity contribution in [1.82, 2.24) is 0 Å². The number of carbonyl (C=O) groups excluding carboxylic acids is 1. The molecule has 0 aliphatic carbocycles. The number of carbonyl (C=O) groups is 2. The van der Waals surface area contributed by atoms with Gasteiger partial charge in [0.2, 0.25) is 0 Å². The molecule has 0 amide bonds. The molecule has 0 aromatic heterocycles. The van der Waals surface area contributed by atoms with Crippen LogP contribution in [0, 0.1) is 11.3 Å². The second-order valence-corrected chi connectivity index (χ2v) is 6.96. The van der Waals surface area contributed by atoms with Gasteiger partial charge in [0.05, 0.1) is 17.6 Å². The van der Waals surface area contributed by atoms with E-state index in [-0.39, 0.29) is 0 Å². The fraction of sp³-hybridized carbons (Fsp3) is 0.182. The Labute approximate surface area is 177 Å². The molecular formula is C22H19BrN2O4. The third-order valence-corrected chi connectivity index (χ3v) is 4.62. The Balaban J connectivity index is 2.45. The summed E-state index contributed by atoms with van der Waals surface area (Å²) in [5, 5.41) is 18.2. The van der Waals surface area contributed by atoms with Gasteiger partial charge in [-0.2, -0.15) is 5.26 Å². The number of aldehydes is 1. The van der Waals surface area contributed by atoms with E-state index < -0.39 is 18.5 Å². The maximum Gasteiger partial charge on any atom is 0.341 e. The van der Waals surface area contributed by atoms with E-state index in [2.05, 4.69) is 27.0 Å². The second kappa shape index (κ2) is 10.9. The molecular weight excluding hydrogens is 436 g/mol. The zero-order chi connectivity index (χ0) is 21.2. The van der Waals surface area contributed by atoms with Crippen molar-refractivity contribution in [3.8, 4) is 11.8 Å². The van der Waals surface area contributed by atoms with E-state index in [0.29, 0.717) is 28.9 Å². The fourth-order valence-electron chi connectivity index (χ4n) is 2.81. The molecule has 1 N–H and O–H groups in total. The van der Waals surface area contributed by atoms with Crippen molar-refractivity contribution in [2.24, 2.45) is 4.99 Å². The second-order valence-electron chi connectivity index (χ2n) is 6.04. The molecule has 0 radical (unpaired) electrons. The summed E-state index contributed by atoms with van der Waals surface area (Å²) in [5.74, 6) is -1.52. The molecule has 1 atom stereocenters. The summed E-state index contributed by atoms with van der Waals surface area (Å²) >= 11 is 3.38. The third kappa shape index (κ3) is 6.13. The highest BCUT2D eigenvalue weighted by Gasteiger charge is 2.20. The molecule has 2 aromatic carbocycles. The number of allylic oxidation sites excluding steroid dienone is 2. The molecule has 0 aliphatic heterocycles. The molecule has 0 fully saturated rings. The van der Waals surface area contributed by atoms with E-state index in [9.17, 15) is 14.9 Å². The molecule has 1 unspecified atom stereocenters. The molecule has 7 heteroatoms. The lowest BCUT2D eigenvalue weighted by Crippen LogP contribution is -2.13. The van der Waals surface area contributed by atoms with Crippen molar-refractivity contribution >= 4 is 34.4 Å². The van der Waals surface area contributed by atoms with Crippen LogP contribution in [0.3, 0.4) is 0 Å². The van der Waals surface area contributed by atoms with E-state index in [1.807, 2.05) is 18.2 Å². The van der Waals surface area contributed by atoms with Crippen molar-refractivity contribution in [2.75, 3.05) is 13.7 Å². The SMILES string of the molecule is C/N=C\C(=C/Cc1ccccc1C#N)C(C=O)c1cc(Br)ccc1OCC(=O)O. The highest BCUT2D eigenvalue weighted by molar-refractivity contribution is 9.10.